The van der Waals surface area contributed by atoms with Gasteiger partial charge in [-0.2, -0.15) is 0 Å². The zero-order chi connectivity index (χ0) is 13.3. The number of rotatable bonds is 5. The minimum atomic E-state index is -2.33. The van der Waals surface area contributed by atoms with Crippen LogP contribution in [0.25, 0.3) is 0 Å². The number of aliphatic hydroxyl groups is 4. The molecule has 0 heterocycles. The van der Waals surface area contributed by atoms with Gasteiger partial charge in [0.1, 0.15) is 24.6 Å². The largest absolute Gasteiger partial charge is 2.00 e. The van der Waals surface area contributed by atoms with E-state index in [1.165, 1.54) is 0 Å². The molecule has 0 amide bonds. The van der Waals surface area contributed by atoms with Gasteiger partial charge in [-0.1, -0.05) is 0 Å². The van der Waals surface area contributed by atoms with Gasteiger partial charge < -0.3 is 46.0 Å². The summed E-state index contributed by atoms with van der Waals surface area (Å²) >= 11 is 0. The number of nitrogens with two attached hydrogens (primary N) is 1. The fourth-order valence-corrected chi connectivity index (χ4v) is 0.644. The van der Waals surface area contributed by atoms with Crippen molar-refractivity contribution in [3.63, 3.8) is 0 Å². The van der Waals surface area contributed by atoms with E-state index in [2.05, 4.69) is 0 Å². The molecular weight excluding hydrogens is 266 g/mol. The first-order chi connectivity index (χ1) is 7.27. The quantitative estimate of drug-likeness (QED) is 0.241. The molecule has 9 nitrogen and oxygen atoms in total. The second-order valence-electron chi connectivity index (χ2n) is 2.69. The second-order valence-corrected chi connectivity index (χ2v) is 2.69. The normalized spacial score (nSPS) is 16.3. The molecule has 0 aromatic heterocycles. The van der Waals surface area contributed by atoms with Gasteiger partial charge >= 0.3 is 37.7 Å². The maximum atomic E-state index is 10.0. The summed E-state index contributed by atoms with van der Waals surface area (Å²) in [7, 11) is 0. The summed E-state index contributed by atoms with van der Waals surface area (Å²) in [5, 5.41) is 51.8. The summed E-state index contributed by atoms with van der Waals surface area (Å²) in [6.07, 6.45) is -6.76. The third-order valence-electron chi connectivity index (χ3n) is 1.48. The third-order valence-corrected chi connectivity index (χ3v) is 1.48. The minimum absolute atomic E-state index is 0. The average Bonchev–Trinajstić information content (AvgIpc) is 2.24. The molecule has 0 aliphatic carbocycles. The molecule has 96 valence electrons. The van der Waals surface area contributed by atoms with Crippen molar-refractivity contribution in [2.24, 2.45) is 5.73 Å². The standard InChI is InChI=1S/C6H13NO5.CH2O3.Ca/c7-3(1-8)5(11)6(12)4(10)2-9;2-1(3)4;/h1,3-6,9-12H,2,7H2;(H2,2,3,4);/q;;+2/p-2/t3-,4+,5+,6+;;/m0../s1. The minimum Gasteiger partial charge on any atom is -0.652 e. The monoisotopic (exact) mass is 279 g/mol. The van der Waals surface area contributed by atoms with E-state index in [0.29, 0.717) is 0 Å². The van der Waals surface area contributed by atoms with E-state index >= 15 is 0 Å². The predicted molar refractivity (Wildman–Crippen MR) is 50.3 cm³/mol. The maximum Gasteiger partial charge on any atom is 2.00 e. The van der Waals surface area contributed by atoms with Gasteiger partial charge in [0.25, 0.3) is 0 Å². The van der Waals surface area contributed by atoms with Crippen molar-refractivity contribution in [2.45, 2.75) is 24.4 Å². The number of aldehydes is 1. The second kappa shape index (κ2) is 12.5. The number of hydrogen-bond donors (Lipinski definition) is 5. The molecule has 0 aliphatic rings. The molecule has 0 rings (SSSR count). The molecule has 0 aliphatic heterocycles. The Morgan fingerprint density at radius 1 is 1.24 bits per heavy atom. The van der Waals surface area contributed by atoms with Crippen molar-refractivity contribution in [1.82, 2.24) is 0 Å². The molecule has 4 atom stereocenters. The van der Waals surface area contributed by atoms with Crippen LogP contribution in [0.3, 0.4) is 0 Å². The molecule has 0 unspecified atom stereocenters. The summed E-state index contributed by atoms with van der Waals surface area (Å²) in [5.74, 6) is 0. The van der Waals surface area contributed by atoms with Gasteiger partial charge in [-0.05, 0) is 6.16 Å². The zero-order valence-corrected chi connectivity index (χ0v) is 11.0. The van der Waals surface area contributed by atoms with E-state index in [1.54, 1.807) is 0 Å². The van der Waals surface area contributed by atoms with Crippen LogP contribution < -0.4 is 15.9 Å². The van der Waals surface area contributed by atoms with Crippen LogP contribution in [0.15, 0.2) is 0 Å². The number of carbonyl (C=O) groups excluding carboxylic acids is 2. The molecule has 0 bridgehead atoms. The van der Waals surface area contributed by atoms with Crippen molar-refractivity contribution >= 4 is 50.2 Å². The van der Waals surface area contributed by atoms with Gasteiger partial charge in [0, 0.05) is 0 Å². The van der Waals surface area contributed by atoms with Crippen molar-refractivity contribution in [1.29, 1.82) is 0 Å². The Kier molecular flexibility index (Phi) is 16.3. The summed E-state index contributed by atoms with van der Waals surface area (Å²) in [6.45, 7) is -0.705. The first-order valence-electron chi connectivity index (χ1n) is 4.01. The number of carbonyl (C=O) groups is 2. The van der Waals surface area contributed by atoms with E-state index in [1.807, 2.05) is 0 Å². The van der Waals surface area contributed by atoms with Gasteiger partial charge in [-0.15, -0.1) is 0 Å². The van der Waals surface area contributed by atoms with E-state index in [4.69, 9.17) is 41.2 Å². The van der Waals surface area contributed by atoms with Gasteiger partial charge in [0.15, 0.2) is 0 Å². The Labute approximate surface area is 126 Å². The fraction of sp³-hybridized carbons (Fsp3) is 0.714. The molecule has 10 heteroatoms. The fourth-order valence-electron chi connectivity index (χ4n) is 0.644. The molecule has 6 N–H and O–H groups in total. The van der Waals surface area contributed by atoms with Crippen LogP contribution in [0.4, 0.5) is 4.79 Å². The molecule has 0 saturated carbocycles. The first-order valence-corrected chi connectivity index (χ1v) is 4.01. The van der Waals surface area contributed by atoms with E-state index in [0.717, 1.165) is 0 Å². The van der Waals surface area contributed by atoms with Gasteiger partial charge in [-0.3, -0.25) is 0 Å². The average molecular weight is 279 g/mol. The van der Waals surface area contributed by atoms with E-state index in [-0.39, 0.29) is 44.0 Å². The Balaban J connectivity index is -0.000000340. The smallest absolute Gasteiger partial charge is 0.652 e. The van der Waals surface area contributed by atoms with Crippen LogP contribution in [0.1, 0.15) is 0 Å². The molecule has 17 heavy (non-hydrogen) atoms. The van der Waals surface area contributed by atoms with E-state index < -0.39 is 37.1 Å². The first kappa shape index (κ1) is 22.2. The van der Waals surface area contributed by atoms with Gasteiger partial charge in [0.05, 0.1) is 12.6 Å². The summed E-state index contributed by atoms with van der Waals surface area (Å²) in [5.41, 5.74) is 5.04. The third kappa shape index (κ3) is 12.2. The number of carboxylic acid groups (broad SMARTS) is 2. The van der Waals surface area contributed by atoms with Gasteiger partial charge in [-0.25, -0.2) is 0 Å². The Bertz CT molecular complexity index is 212. The number of aliphatic hydroxyl groups excluding tert-OH is 4. The Hall–Kier alpha value is -0.000260. The van der Waals surface area contributed by atoms with Crippen LogP contribution in [0.5, 0.6) is 0 Å². The van der Waals surface area contributed by atoms with Crippen molar-refractivity contribution in [3.05, 3.63) is 0 Å². The topological polar surface area (TPSA) is 187 Å². The molecule has 0 spiro atoms. The summed E-state index contributed by atoms with van der Waals surface area (Å²) in [6, 6.07) is -1.26. The van der Waals surface area contributed by atoms with Gasteiger partial charge in [0.2, 0.25) is 0 Å². The van der Waals surface area contributed by atoms with Crippen LogP contribution in [-0.2, 0) is 4.79 Å². The van der Waals surface area contributed by atoms with E-state index in [9.17, 15) is 4.79 Å². The predicted octanol–water partition coefficient (Wildman–Crippen LogP) is -6.24. The molecular formula is C7H13CaNO8. The van der Waals surface area contributed by atoms with Crippen molar-refractivity contribution < 1.29 is 40.2 Å². The van der Waals surface area contributed by atoms with Crippen LogP contribution in [-0.4, -0.2) is 102 Å². The zero-order valence-electron chi connectivity index (χ0n) is 8.80. The Morgan fingerprint density at radius 2 is 1.59 bits per heavy atom. The number of hydrogen-bond acceptors (Lipinski definition) is 9. The SMILES string of the molecule is N[C@@H](C=O)[C@@H](O)[C@H](O)[C@H](O)CO.O=C([O-])[O-].[Ca+2]. The van der Waals surface area contributed by atoms with Crippen LogP contribution >= 0.6 is 0 Å². The molecule has 0 saturated heterocycles. The summed E-state index contributed by atoms with van der Waals surface area (Å²) in [4.78, 5) is 18.4. The van der Waals surface area contributed by atoms with Crippen LogP contribution in [0.2, 0.25) is 0 Å². The molecule has 0 fully saturated rings. The molecule has 0 aromatic rings. The molecule has 0 radical (unpaired) electrons. The molecule has 0 aromatic carbocycles. The maximum absolute atomic E-state index is 10.0. The van der Waals surface area contributed by atoms with Crippen LogP contribution in [0, 0.1) is 0 Å². The van der Waals surface area contributed by atoms with Crippen molar-refractivity contribution in [3.8, 4) is 0 Å². The summed E-state index contributed by atoms with van der Waals surface area (Å²) < 4.78 is 0. The Morgan fingerprint density at radius 3 is 1.82 bits per heavy atom. The van der Waals surface area contributed by atoms with Crippen molar-refractivity contribution in [2.75, 3.05) is 6.61 Å².